The molecule has 1 unspecified atom stereocenters. The topological polar surface area (TPSA) is 17.1 Å². The summed E-state index contributed by atoms with van der Waals surface area (Å²) in [5.41, 5.74) is 0.879. The van der Waals surface area contributed by atoms with Crippen LogP contribution in [0.3, 0.4) is 0 Å². The van der Waals surface area contributed by atoms with Crippen molar-refractivity contribution in [2.75, 3.05) is 0 Å². The van der Waals surface area contributed by atoms with E-state index in [2.05, 4.69) is 6.92 Å². The zero-order valence-electron chi connectivity index (χ0n) is 8.67. The molecule has 0 saturated carbocycles. The van der Waals surface area contributed by atoms with Gasteiger partial charge in [-0.3, -0.25) is 0 Å². The molecule has 0 fully saturated rings. The van der Waals surface area contributed by atoms with Crippen molar-refractivity contribution in [2.45, 2.75) is 32.1 Å². The van der Waals surface area contributed by atoms with E-state index in [0.29, 0.717) is 10.0 Å². The normalized spacial score (nSPS) is 12.5. The molecule has 0 heterocycles. The summed E-state index contributed by atoms with van der Waals surface area (Å²) in [5, 5.41) is 1.18. The predicted molar refractivity (Wildman–Crippen MR) is 64.8 cm³/mol. The molecule has 0 radical (unpaired) electrons. The van der Waals surface area contributed by atoms with Gasteiger partial charge in [-0.1, -0.05) is 49.0 Å². The molecule has 1 nitrogen and oxygen atoms in total. The minimum Gasteiger partial charge on any atom is -0.303 e. The standard InChI is InChI=1S/C12H14Cl2O/c1-2-3-4-9(8-15)11-6-5-10(13)7-12(11)14/h5-9H,2-4H2,1H3. The first-order chi connectivity index (χ1) is 7.19. The molecule has 0 aromatic heterocycles. The molecule has 0 bridgehead atoms. The van der Waals surface area contributed by atoms with Gasteiger partial charge in [0.25, 0.3) is 0 Å². The molecule has 1 rings (SSSR count). The van der Waals surface area contributed by atoms with Crippen LogP contribution in [0.2, 0.25) is 10.0 Å². The highest BCUT2D eigenvalue weighted by molar-refractivity contribution is 6.35. The molecule has 0 aliphatic rings. The maximum atomic E-state index is 11.0. The zero-order chi connectivity index (χ0) is 11.3. The molecule has 3 heteroatoms. The first-order valence-corrected chi connectivity index (χ1v) is 5.84. The average Bonchev–Trinajstić information content (AvgIpc) is 2.21. The summed E-state index contributed by atoms with van der Waals surface area (Å²) in [6, 6.07) is 5.28. The SMILES string of the molecule is CCCCC(C=O)c1ccc(Cl)cc1Cl. The number of hydrogen-bond donors (Lipinski definition) is 0. The molecule has 0 amide bonds. The monoisotopic (exact) mass is 244 g/mol. The van der Waals surface area contributed by atoms with E-state index in [1.54, 1.807) is 12.1 Å². The Balaban J connectivity index is 2.86. The molecule has 0 aliphatic heterocycles. The van der Waals surface area contributed by atoms with Gasteiger partial charge in [0.1, 0.15) is 6.29 Å². The van der Waals surface area contributed by atoms with Crippen LogP contribution in [-0.2, 0) is 4.79 Å². The van der Waals surface area contributed by atoms with Crippen LogP contribution in [0.1, 0.15) is 37.7 Å². The maximum absolute atomic E-state index is 11.0. The Bertz CT molecular complexity index is 336. The summed E-state index contributed by atoms with van der Waals surface area (Å²) < 4.78 is 0. The second kappa shape index (κ2) is 6.14. The zero-order valence-corrected chi connectivity index (χ0v) is 10.2. The number of carbonyl (C=O) groups excluding carboxylic acids is 1. The van der Waals surface area contributed by atoms with Gasteiger partial charge >= 0.3 is 0 Å². The van der Waals surface area contributed by atoms with Gasteiger partial charge in [0.15, 0.2) is 0 Å². The Morgan fingerprint density at radius 1 is 1.40 bits per heavy atom. The van der Waals surface area contributed by atoms with E-state index >= 15 is 0 Å². The molecule has 0 aliphatic carbocycles. The number of rotatable bonds is 5. The fraction of sp³-hybridized carbons (Fsp3) is 0.417. The minimum absolute atomic E-state index is 0.102. The Morgan fingerprint density at radius 3 is 2.67 bits per heavy atom. The predicted octanol–water partition coefficient (Wildman–Crippen LogP) is 4.47. The van der Waals surface area contributed by atoms with Crippen LogP contribution in [0.4, 0.5) is 0 Å². The van der Waals surface area contributed by atoms with Crippen LogP contribution in [0.15, 0.2) is 18.2 Å². The van der Waals surface area contributed by atoms with Gasteiger partial charge in [0.2, 0.25) is 0 Å². The van der Waals surface area contributed by atoms with Crippen molar-refractivity contribution >= 4 is 29.5 Å². The van der Waals surface area contributed by atoms with Crippen molar-refractivity contribution < 1.29 is 4.79 Å². The fourth-order valence-electron chi connectivity index (χ4n) is 1.52. The van der Waals surface area contributed by atoms with E-state index in [0.717, 1.165) is 31.1 Å². The smallest absolute Gasteiger partial charge is 0.127 e. The highest BCUT2D eigenvalue weighted by atomic mass is 35.5. The van der Waals surface area contributed by atoms with Gasteiger partial charge in [0, 0.05) is 16.0 Å². The fourth-order valence-corrected chi connectivity index (χ4v) is 2.07. The van der Waals surface area contributed by atoms with Gasteiger partial charge in [0.05, 0.1) is 0 Å². The van der Waals surface area contributed by atoms with Gasteiger partial charge in [-0.2, -0.15) is 0 Å². The van der Waals surface area contributed by atoms with Crippen LogP contribution < -0.4 is 0 Å². The molecule has 0 saturated heterocycles. The Morgan fingerprint density at radius 2 is 2.13 bits per heavy atom. The first-order valence-electron chi connectivity index (χ1n) is 5.09. The third kappa shape index (κ3) is 3.51. The molecule has 15 heavy (non-hydrogen) atoms. The maximum Gasteiger partial charge on any atom is 0.127 e. The number of benzene rings is 1. The first kappa shape index (κ1) is 12.5. The molecular weight excluding hydrogens is 231 g/mol. The van der Waals surface area contributed by atoms with Gasteiger partial charge < -0.3 is 4.79 Å². The Kier molecular flexibility index (Phi) is 5.13. The van der Waals surface area contributed by atoms with Crippen LogP contribution in [0.5, 0.6) is 0 Å². The Labute approximate surface area is 100 Å². The second-order valence-corrected chi connectivity index (χ2v) is 4.39. The van der Waals surface area contributed by atoms with Crippen molar-refractivity contribution in [1.29, 1.82) is 0 Å². The van der Waals surface area contributed by atoms with E-state index in [4.69, 9.17) is 23.2 Å². The molecule has 82 valence electrons. The lowest BCUT2D eigenvalue weighted by Gasteiger charge is -2.11. The lowest BCUT2D eigenvalue weighted by atomic mass is 9.95. The minimum atomic E-state index is -0.102. The van der Waals surface area contributed by atoms with Gasteiger partial charge in [-0.05, 0) is 24.1 Å². The van der Waals surface area contributed by atoms with Crippen LogP contribution in [-0.4, -0.2) is 6.29 Å². The summed E-state index contributed by atoms with van der Waals surface area (Å²) in [6.45, 7) is 2.10. The Hall–Kier alpha value is -0.530. The quantitative estimate of drug-likeness (QED) is 0.699. The number of halogens is 2. The molecular formula is C12H14Cl2O. The van der Waals surface area contributed by atoms with E-state index in [9.17, 15) is 4.79 Å². The number of hydrogen-bond acceptors (Lipinski definition) is 1. The highest BCUT2D eigenvalue weighted by Crippen LogP contribution is 2.29. The van der Waals surface area contributed by atoms with E-state index in [1.165, 1.54) is 0 Å². The summed E-state index contributed by atoms with van der Waals surface area (Å²) in [4.78, 5) is 11.0. The molecule has 1 aromatic carbocycles. The number of aldehydes is 1. The number of unbranched alkanes of at least 4 members (excludes halogenated alkanes) is 1. The van der Waals surface area contributed by atoms with Gasteiger partial charge in [-0.25, -0.2) is 0 Å². The lowest BCUT2D eigenvalue weighted by Crippen LogP contribution is -2.01. The third-order valence-corrected chi connectivity index (χ3v) is 2.96. The van der Waals surface area contributed by atoms with E-state index < -0.39 is 0 Å². The molecule has 1 atom stereocenters. The van der Waals surface area contributed by atoms with Crippen LogP contribution >= 0.6 is 23.2 Å². The summed E-state index contributed by atoms with van der Waals surface area (Å²) in [6.07, 6.45) is 3.92. The summed E-state index contributed by atoms with van der Waals surface area (Å²) >= 11 is 11.8. The van der Waals surface area contributed by atoms with E-state index in [1.807, 2.05) is 6.07 Å². The molecule has 0 spiro atoms. The number of carbonyl (C=O) groups is 1. The van der Waals surface area contributed by atoms with Crippen molar-refractivity contribution in [3.63, 3.8) is 0 Å². The second-order valence-electron chi connectivity index (χ2n) is 3.55. The van der Waals surface area contributed by atoms with Crippen molar-refractivity contribution in [1.82, 2.24) is 0 Å². The van der Waals surface area contributed by atoms with Crippen LogP contribution in [0, 0.1) is 0 Å². The van der Waals surface area contributed by atoms with Crippen LogP contribution in [0.25, 0.3) is 0 Å². The van der Waals surface area contributed by atoms with Crippen molar-refractivity contribution in [2.24, 2.45) is 0 Å². The van der Waals surface area contributed by atoms with Gasteiger partial charge in [-0.15, -0.1) is 0 Å². The third-order valence-electron chi connectivity index (χ3n) is 2.39. The van der Waals surface area contributed by atoms with Crippen molar-refractivity contribution in [3.05, 3.63) is 33.8 Å². The van der Waals surface area contributed by atoms with Crippen molar-refractivity contribution in [3.8, 4) is 0 Å². The molecule has 0 N–H and O–H groups in total. The largest absolute Gasteiger partial charge is 0.303 e. The van der Waals surface area contributed by atoms with E-state index in [-0.39, 0.29) is 5.92 Å². The molecule has 1 aromatic rings. The lowest BCUT2D eigenvalue weighted by molar-refractivity contribution is -0.109. The summed E-state index contributed by atoms with van der Waals surface area (Å²) in [5.74, 6) is -0.102. The highest BCUT2D eigenvalue weighted by Gasteiger charge is 2.13. The summed E-state index contributed by atoms with van der Waals surface area (Å²) in [7, 11) is 0. The average molecular weight is 245 g/mol.